The molecule has 2 N–H and O–H groups in total. The zero-order chi connectivity index (χ0) is 27.5. The van der Waals surface area contributed by atoms with Crippen LogP contribution >= 0.6 is 0 Å². The van der Waals surface area contributed by atoms with E-state index in [1.807, 2.05) is 30.3 Å². The monoisotopic (exact) mass is 539 g/mol. The van der Waals surface area contributed by atoms with Crippen molar-refractivity contribution in [2.75, 3.05) is 13.1 Å². The quantitative estimate of drug-likeness (QED) is 0.345. The van der Waals surface area contributed by atoms with Crippen LogP contribution in [0.15, 0.2) is 83.8 Å². The molecule has 9 heteroatoms. The zero-order valence-electron chi connectivity index (χ0n) is 21.7. The van der Waals surface area contributed by atoms with Crippen LogP contribution in [0.2, 0.25) is 0 Å². The van der Waals surface area contributed by atoms with Crippen molar-refractivity contribution in [1.82, 2.24) is 14.9 Å². The Bertz CT molecular complexity index is 1300. The van der Waals surface area contributed by atoms with Crippen molar-refractivity contribution in [2.24, 2.45) is 0 Å². The molecule has 0 saturated carbocycles. The molecule has 0 spiro atoms. The van der Waals surface area contributed by atoms with Gasteiger partial charge >= 0.3 is 0 Å². The number of halogens is 1. The van der Waals surface area contributed by atoms with Gasteiger partial charge in [0.1, 0.15) is 11.9 Å². The standard InChI is InChI=1S/C29H34FN3O4S/c1-3-32-38(36,37)27-16-11-24(12-17-27)13-18-28(34)33(21-25-9-14-26(30)15-10-25)22(2)29(35)31-20-19-23-7-5-4-6-8-23/h4-12,14-17,22,32H,3,13,18-21H2,1-2H3,(H,31,35)/t22-/m1/s1. The maximum atomic E-state index is 13.4. The van der Waals surface area contributed by atoms with Crippen molar-refractivity contribution >= 4 is 21.8 Å². The molecule has 3 aromatic rings. The van der Waals surface area contributed by atoms with E-state index in [1.165, 1.54) is 29.2 Å². The Morgan fingerprint density at radius 3 is 2.11 bits per heavy atom. The number of hydrogen-bond donors (Lipinski definition) is 2. The molecule has 38 heavy (non-hydrogen) atoms. The molecule has 0 heterocycles. The van der Waals surface area contributed by atoms with Crippen LogP contribution in [0.4, 0.5) is 4.39 Å². The molecule has 3 aromatic carbocycles. The molecule has 0 saturated heterocycles. The molecule has 0 radical (unpaired) electrons. The van der Waals surface area contributed by atoms with Gasteiger partial charge in [-0.1, -0.05) is 61.5 Å². The van der Waals surface area contributed by atoms with Gasteiger partial charge in [-0.3, -0.25) is 9.59 Å². The van der Waals surface area contributed by atoms with Crippen molar-refractivity contribution in [3.05, 3.63) is 101 Å². The first-order chi connectivity index (χ1) is 18.2. The second-order valence-electron chi connectivity index (χ2n) is 9.00. The summed E-state index contributed by atoms with van der Waals surface area (Å²) in [7, 11) is -3.55. The number of hydrogen-bond acceptors (Lipinski definition) is 4. The van der Waals surface area contributed by atoms with Crippen LogP contribution in [0.5, 0.6) is 0 Å². The highest BCUT2D eigenvalue weighted by molar-refractivity contribution is 7.89. The molecule has 0 unspecified atom stereocenters. The van der Waals surface area contributed by atoms with E-state index in [4.69, 9.17) is 0 Å². The number of benzene rings is 3. The number of aryl methyl sites for hydroxylation is 1. The predicted molar refractivity (Wildman–Crippen MR) is 145 cm³/mol. The van der Waals surface area contributed by atoms with Gasteiger partial charge in [-0.2, -0.15) is 0 Å². The molecule has 3 rings (SSSR count). The molecule has 0 bridgehead atoms. The van der Waals surface area contributed by atoms with Crippen LogP contribution in [0.3, 0.4) is 0 Å². The van der Waals surface area contributed by atoms with Crippen LogP contribution in [0.25, 0.3) is 0 Å². The summed E-state index contributed by atoms with van der Waals surface area (Å²) in [4.78, 5) is 27.9. The second-order valence-corrected chi connectivity index (χ2v) is 10.8. The second kappa shape index (κ2) is 13.8. The number of nitrogens with zero attached hydrogens (tertiary/aromatic N) is 1. The first kappa shape index (κ1) is 29.0. The van der Waals surface area contributed by atoms with Crippen LogP contribution in [0.1, 0.15) is 37.0 Å². The molecule has 202 valence electrons. The summed E-state index contributed by atoms with van der Waals surface area (Å²) in [6, 6.07) is 21.3. The van der Waals surface area contributed by atoms with Crippen LogP contribution in [0, 0.1) is 5.82 Å². The number of amides is 2. The third-order valence-electron chi connectivity index (χ3n) is 6.18. The lowest BCUT2D eigenvalue weighted by molar-refractivity contribution is -0.140. The van der Waals surface area contributed by atoms with Gasteiger partial charge in [-0.15, -0.1) is 0 Å². The molecular formula is C29H34FN3O4S. The first-order valence-corrected chi connectivity index (χ1v) is 14.1. The Morgan fingerprint density at radius 2 is 1.47 bits per heavy atom. The van der Waals surface area contributed by atoms with Gasteiger partial charge in [-0.05, 0) is 60.7 Å². The van der Waals surface area contributed by atoms with Gasteiger partial charge in [0.15, 0.2) is 0 Å². The van der Waals surface area contributed by atoms with Gasteiger partial charge in [0.2, 0.25) is 21.8 Å². The lowest BCUT2D eigenvalue weighted by Gasteiger charge is -2.29. The summed E-state index contributed by atoms with van der Waals surface area (Å²) in [6.07, 6.45) is 1.18. The molecule has 0 aliphatic carbocycles. The summed E-state index contributed by atoms with van der Waals surface area (Å²) >= 11 is 0. The molecular weight excluding hydrogens is 505 g/mol. The van der Waals surface area contributed by atoms with Crippen LogP contribution < -0.4 is 10.0 Å². The number of carbonyl (C=O) groups is 2. The Hall–Kier alpha value is -3.56. The maximum Gasteiger partial charge on any atom is 0.242 e. The van der Waals surface area contributed by atoms with Gasteiger partial charge < -0.3 is 10.2 Å². The van der Waals surface area contributed by atoms with Crippen molar-refractivity contribution in [3.8, 4) is 0 Å². The number of nitrogens with one attached hydrogen (secondary N) is 2. The van der Waals surface area contributed by atoms with E-state index in [0.717, 1.165) is 11.1 Å². The Balaban J connectivity index is 1.66. The summed E-state index contributed by atoms with van der Waals surface area (Å²) in [5, 5.41) is 2.91. The predicted octanol–water partition coefficient (Wildman–Crippen LogP) is 3.83. The molecule has 1 atom stereocenters. The Morgan fingerprint density at radius 1 is 0.868 bits per heavy atom. The summed E-state index contributed by atoms with van der Waals surface area (Å²) in [6.45, 7) is 4.28. The lowest BCUT2D eigenvalue weighted by Crippen LogP contribution is -2.48. The molecule has 0 fully saturated rings. The van der Waals surface area contributed by atoms with Crippen molar-refractivity contribution in [3.63, 3.8) is 0 Å². The van der Waals surface area contributed by atoms with Crippen molar-refractivity contribution < 1.29 is 22.4 Å². The maximum absolute atomic E-state index is 13.4. The SMILES string of the molecule is CCNS(=O)(=O)c1ccc(CCC(=O)N(Cc2ccc(F)cc2)[C@H](C)C(=O)NCCc2ccccc2)cc1. The third kappa shape index (κ3) is 8.49. The largest absolute Gasteiger partial charge is 0.354 e. The normalized spacial score (nSPS) is 12.1. The van der Waals surface area contributed by atoms with E-state index in [1.54, 1.807) is 38.1 Å². The number of sulfonamides is 1. The summed E-state index contributed by atoms with van der Waals surface area (Å²) in [5.74, 6) is -0.878. The zero-order valence-corrected chi connectivity index (χ0v) is 22.5. The molecule has 0 aliphatic rings. The number of carbonyl (C=O) groups excluding carboxylic acids is 2. The van der Waals surface area contributed by atoms with Gasteiger partial charge in [0.25, 0.3) is 0 Å². The summed E-state index contributed by atoms with van der Waals surface area (Å²) < 4.78 is 40.2. The van der Waals surface area contributed by atoms with E-state index in [9.17, 15) is 22.4 Å². The highest BCUT2D eigenvalue weighted by atomic mass is 32.2. The highest BCUT2D eigenvalue weighted by Crippen LogP contribution is 2.16. The smallest absolute Gasteiger partial charge is 0.242 e. The Labute approximate surface area is 224 Å². The molecule has 2 amide bonds. The van der Waals surface area contributed by atoms with Gasteiger partial charge in [0, 0.05) is 26.1 Å². The molecule has 7 nitrogen and oxygen atoms in total. The van der Waals surface area contributed by atoms with Crippen LogP contribution in [-0.2, 0) is 39.0 Å². The van der Waals surface area contributed by atoms with Crippen LogP contribution in [-0.4, -0.2) is 44.3 Å². The lowest BCUT2D eigenvalue weighted by atomic mass is 10.1. The first-order valence-electron chi connectivity index (χ1n) is 12.6. The van der Waals surface area contributed by atoms with Gasteiger partial charge in [-0.25, -0.2) is 17.5 Å². The van der Waals surface area contributed by atoms with Gasteiger partial charge in [0.05, 0.1) is 4.90 Å². The minimum absolute atomic E-state index is 0.127. The fourth-order valence-corrected chi connectivity index (χ4v) is 5.04. The number of rotatable bonds is 13. The topological polar surface area (TPSA) is 95.6 Å². The average molecular weight is 540 g/mol. The van der Waals surface area contributed by atoms with E-state index >= 15 is 0 Å². The molecule has 0 aliphatic heterocycles. The minimum Gasteiger partial charge on any atom is -0.354 e. The minimum atomic E-state index is -3.55. The fraction of sp³-hybridized carbons (Fsp3) is 0.310. The van der Waals surface area contributed by atoms with Crippen molar-refractivity contribution in [1.29, 1.82) is 0 Å². The van der Waals surface area contributed by atoms with Crippen molar-refractivity contribution in [2.45, 2.75) is 50.6 Å². The Kier molecular flexibility index (Phi) is 10.6. The summed E-state index contributed by atoms with van der Waals surface area (Å²) in [5.41, 5.74) is 2.61. The molecule has 0 aromatic heterocycles. The van der Waals surface area contributed by atoms with E-state index in [-0.39, 0.29) is 35.5 Å². The fourth-order valence-electron chi connectivity index (χ4n) is 4.00. The van der Waals surface area contributed by atoms with E-state index in [2.05, 4.69) is 10.0 Å². The van der Waals surface area contributed by atoms with E-state index in [0.29, 0.717) is 31.5 Å². The third-order valence-corrected chi connectivity index (χ3v) is 7.75. The van der Waals surface area contributed by atoms with E-state index < -0.39 is 16.1 Å². The average Bonchev–Trinajstić information content (AvgIpc) is 2.91. The highest BCUT2D eigenvalue weighted by Gasteiger charge is 2.26.